The molecule has 142 valence electrons. The molecular formula is C20H29N3O3. The summed E-state index contributed by atoms with van der Waals surface area (Å²) in [4.78, 5) is 16.9. The van der Waals surface area contributed by atoms with Gasteiger partial charge in [0.1, 0.15) is 6.54 Å². The van der Waals surface area contributed by atoms with E-state index in [2.05, 4.69) is 11.8 Å². The standard InChI is InChI=1S/C20H29N3O3/c1-2-21(9-10-24)11-17-12-23(13-18(17)15-25)20(26)14-22-8-7-16-5-3-4-6-19(16)22/h3-8,17-18,24-25H,2,9-15H2,1H3/t17-,18-/m1/s1. The largest absolute Gasteiger partial charge is 0.396 e. The minimum absolute atomic E-state index is 0.0948. The van der Waals surface area contributed by atoms with Gasteiger partial charge in [0.2, 0.25) is 5.91 Å². The first-order valence-corrected chi connectivity index (χ1v) is 9.42. The number of likely N-dealkylation sites (tertiary alicyclic amines) is 1. The van der Waals surface area contributed by atoms with E-state index in [1.165, 1.54) is 0 Å². The molecule has 0 unspecified atom stereocenters. The highest BCUT2D eigenvalue weighted by Gasteiger charge is 2.35. The highest BCUT2D eigenvalue weighted by atomic mass is 16.3. The van der Waals surface area contributed by atoms with Crippen molar-refractivity contribution < 1.29 is 15.0 Å². The summed E-state index contributed by atoms with van der Waals surface area (Å²) >= 11 is 0. The lowest BCUT2D eigenvalue weighted by Crippen LogP contribution is -2.36. The second-order valence-corrected chi connectivity index (χ2v) is 7.12. The molecule has 1 aliphatic rings. The predicted molar refractivity (Wildman–Crippen MR) is 102 cm³/mol. The van der Waals surface area contributed by atoms with E-state index >= 15 is 0 Å². The van der Waals surface area contributed by atoms with Gasteiger partial charge >= 0.3 is 0 Å². The van der Waals surface area contributed by atoms with E-state index in [9.17, 15) is 15.0 Å². The number of likely N-dealkylation sites (N-methyl/N-ethyl adjacent to an activating group) is 1. The zero-order chi connectivity index (χ0) is 18.5. The topological polar surface area (TPSA) is 68.9 Å². The molecule has 1 aliphatic heterocycles. The minimum atomic E-state index is 0.0948. The Morgan fingerprint density at radius 2 is 1.96 bits per heavy atom. The quantitative estimate of drug-likeness (QED) is 0.738. The fraction of sp³-hybridized carbons (Fsp3) is 0.550. The van der Waals surface area contributed by atoms with Gasteiger partial charge in [-0.15, -0.1) is 0 Å². The molecule has 1 aromatic carbocycles. The number of para-hydroxylation sites is 1. The van der Waals surface area contributed by atoms with Crippen LogP contribution in [0.15, 0.2) is 36.5 Å². The fourth-order valence-corrected chi connectivity index (χ4v) is 3.93. The van der Waals surface area contributed by atoms with Gasteiger partial charge in [0.05, 0.1) is 6.61 Å². The molecule has 6 nitrogen and oxygen atoms in total. The van der Waals surface area contributed by atoms with Gasteiger partial charge in [-0.25, -0.2) is 0 Å². The first-order chi connectivity index (χ1) is 12.7. The van der Waals surface area contributed by atoms with Crippen molar-refractivity contribution >= 4 is 16.8 Å². The Labute approximate surface area is 154 Å². The van der Waals surface area contributed by atoms with E-state index in [1.807, 2.05) is 46.0 Å². The zero-order valence-electron chi connectivity index (χ0n) is 15.4. The molecule has 0 aliphatic carbocycles. The van der Waals surface area contributed by atoms with E-state index in [1.54, 1.807) is 0 Å². The van der Waals surface area contributed by atoms with Crippen molar-refractivity contribution in [3.05, 3.63) is 36.5 Å². The van der Waals surface area contributed by atoms with Crippen molar-refractivity contribution in [3.63, 3.8) is 0 Å². The van der Waals surface area contributed by atoms with Crippen LogP contribution in [0.3, 0.4) is 0 Å². The Kier molecular flexibility index (Phi) is 6.29. The molecule has 0 radical (unpaired) electrons. The van der Waals surface area contributed by atoms with Crippen LogP contribution < -0.4 is 0 Å². The van der Waals surface area contributed by atoms with Gasteiger partial charge in [-0.2, -0.15) is 0 Å². The number of aliphatic hydroxyl groups excluding tert-OH is 2. The lowest BCUT2D eigenvalue weighted by atomic mass is 9.96. The normalized spacial score (nSPS) is 20.4. The van der Waals surface area contributed by atoms with Crippen LogP contribution in [0.4, 0.5) is 0 Å². The number of fused-ring (bicyclic) bond motifs is 1. The van der Waals surface area contributed by atoms with Gasteiger partial charge in [0.25, 0.3) is 0 Å². The number of aromatic nitrogens is 1. The van der Waals surface area contributed by atoms with Gasteiger partial charge in [-0.3, -0.25) is 4.79 Å². The summed E-state index contributed by atoms with van der Waals surface area (Å²) in [6, 6.07) is 10.1. The van der Waals surface area contributed by atoms with Crippen LogP contribution in [-0.2, 0) is 11.3 Å². The first-order valence-electron chi connectivity index (χ1n) is 9.42. The number of nitrogens with zero attached hydrogens (tertiary/aromatic N) is 3. The molecule has 1 amide bonds. The molecule has 1 saturated heterocycles. The van der Waals surface area contributed by atoms with Crippen molar-refractivity contribution in [1.82, 2.24) is 14.4 Å². The average Bonchev–Trinajstić information content (AvgIpc) is 3.25. The van der Waals surface area contributed by atoms with E-state index in [4.69, 9.17) is 0 Å². The molecule has 0 bridgehead atoms. The van der Waals surface area contributed by atoms with E-state index < -0.39 is 0 Å². The Morgan fingerprint density at radius 3 is 2.69 bits per heavy atom. The zero-order valence-corrected chi connectivity index (χ0v) is 15.4. The molecule has 2 heterocycles. The Hall–Kier alpha value is -1.89. The molecule has 2 aromatic rings. The van der Waals surface area contributed by atoms with Crippen LogP contribution in [0.25, 0.3) is 10.9 Å². The summed E-state index contributed by atoms with van der Waals surface area (Å²) in [5.74, 6) is 0.447. The van der Waals surface area contributed by atoms with Crippen molar-refractivity contribution in [2.24, 2.45) is 11.8 Å². The molecule has 6 heteroatoms. The van der Waals surface area contributed by atoms with Gasteiger partial charge in [-0.05, 0) is 30.0 Å². The molecule has 0 spiro atoms. The summed E-state index contributed by atoms with van der Waals surface area (Å²) in [5.41, 5.74) is 1.07. The third kappa shape index (κ3) is 4.09. The van der Waals surface area contributed by atoms with Gasteiger partial charge in [-0.1, -0.05) is 25.1 Å². The third-order valence-corrected chi connectivity index (χ3v) is 5.51. The van der Waals surface area contributed by atoms with Gasteiger partial charge < -0.3 is 24.6 Å². The number of carbonyl (C=O) groups excluding carboxylic acids is 1. The fourth-order valence-electron chi connectivity index (χ4n) is 3.93. The van der Waals surface area contributed by atoms with Crippen LogP contribution >= 0.6 is 0 Å². The summed E-state index contributed by atoms with van der Waals surface area (Å²) < 4.78 is 1.99. The monoisotopic (exact) mass is 359 g/mol. The Balaban J connectivity index is 1.64. The summed E-state index contributed by atoms with van der Waals surface area (Å²) in [7, 11) is 0. The van der Waals surface area contributed by atoms with Crippen molar-refractivity contribution in [2.45, 2.75) is 13.5 Å². The number of carbonyl (C=O) groups is 1. The third-order valence-electron chi connectivity index (χ3n) is 5.51. The van der Waals surface area contributed by atoms with Crippen molar-refractivity contribution in [2.75, 3.05) is 45.9 Å². The smallest absolute Gasteiger partial charge is 0.242 e. The van der Waals surface area contributed by atoms with Crippen LogP contribution in [0, 0.1) is 11.8 Å². The molecule has 2 N–H and O–H groups in total. The van der Waals surface area contributed by atoms with Crippen molar-refractivity contribution in [3.8, 4) is 0 Å². The number of hydrogen-bond donors (Lipinski definition) is 2. The van der Waals surface area contributed by atoms with Crippen LogP contribution in [0.1, 0.15) is 6.92 Å². The molecule has 26 heavy (non-hydrogen) atoms. The number of aliphatic hydroxyl groups is 2. The van der Waals surface area contributed by atoms with E-state index in [-0.39, 0.29) is 31.0 Å². The highest BCUT2D eigenvalue weighted by molar-refractivity contribution is 5.83. The Morgan fingerprint density at radius 1 is 1.19 bits per heavy atom. The highest BCUT2D eigenvalue weighted by Crippen LogP contribution is 2.25. The SMILES string of the molecule is CCN(CCO)C[C@@H]1CN(C(=O)Cn2ccc3ccccc32)C[C@@H]1CO. The molecule has 0 saturated carbocycles. The number of hydrogen-bond acceptors (Lipinski definition) is 4. The van der Waals surface area contributed by atoms with E-state index in [0.29, 0.717) is 26.2 Å². The molecule has 2 atom stereocenters. The van der Waals surface area contributed by atoms with Gasteiger partial charge in [0.15, 0.2) is 0 Å². The maximum absolute atomic E-state index is 12.8. The second kappa shape index (κ2) is 8.66. The first kappa shape index (κ1) is 18.9. The minimum Gasteiger partial charge on any atom is -0.396 e. The lowest BCUT2D eigenvalue weighted by Gasteiger charge is -2.25. The molecular weight excluding hydrogens is 330 g/mol. The number of benzene rings is 1. The van der Waals surface area contributed by atoms with E-state index in [0.717, 1.165) is 24.0 Å². The Bertz CT molecular complexity index is 730. The lowest BCUT2D eigenvalue weighted by molar-refractivity contribution is -0.131. The number of rotatable bonds is 8. The maximum Gasteiger partial charge on any atom is 0.242 e. The molecule has 1 fully saturated rings. The van der Waals surface area contributed by atoms with Crippen LogP contribution in [0.2, 0.25) is 0 Å². The summed E-state index contributed by atoms with van der Waals surface area (Å²) in [5, 5.41) is 20.1. The molecule has 1 aromatic heterocycles. The second-order valence-electron chi connectivity index (χ2n) is 7.12. The predicted octanol–water partition coefficient (Wildman–Crippen LogP) is 1.02. The summed E-state index contributed by atoms with van der Waals surface area (Å²) in [6.07, 6.45) is 1.96. The maximum atomic E-state index is 12.8. The van der Waals surface area contributed by atoms with Gasteiger partial charge in [0, 0.05) is 50.4 Å². The van der Waals surface area contributed by atoms with Crippen LogP contribution in [-0.4, -0.2) is 76.4 Å². The average molecular weight is 359 g/mol. The van der Waals surface area contributed by atoms with Crippen LogP contribution in [0.5, 0.6) is 0 Å². The molecule has 3 rings (SSSR count). The van der Waals surface area contributed by atoms with Crippen molar-refractivity contribution in [1.29, 1.82) is 0 Å². The number of amides is 1. The summed E-state index contributed by atoms with van der Waals surface area (Å²) in [6.45, 7) is 6.20.